The van der Waals surface area contributed by atoms with Crippen LogP contribution in [0.3, 0.4) is 0 Å². The van der Waals surface area contributed by atoms with Gasteiger partial charge in [0, 0.05) is 12.2 Å². The molecule has 0 radical (unpaired) electrons. The van der Waals surface area contributed by atoms with E-state index in [0.717, 1.165) is 18.4 Å². The molecular weight excluding hydrogens is 288 g/mol. The molecule has 2 amide bonds. The molecule has 3 fully saturated rings. The van der Waals surface area contributed by atoms with Crippen LogP contribution in [0.5, 0.6) is 0 Å². The molecule has 2 N–H and O–H groups in total. The monoisotopic (exact) mass is 314 g/mol. The van der Waals surface area contributed by atoms with Crippen LogP contribution in [0.1, 0.15) is 52.0 Å². The van der Waals surface area contributed by atoms with Crippen LogP contribution in [-0.2, 0) is 15.0 Å². The van der Waals surface area contributed by atoms with Gasteiger partial charge in [-0.2, -0.15) is 0 Å². The lowest BCUT2D eigenvalue weighted by molar-refractivity contribution is -0.183. The highest BCUT2D eigenvalue weighted by atomic mass is 16.2. The molecular formula is C19H26N2O2. The summed E-state index contributed by atoms with van der Waals surface area (Å²) in [5.41, 5.74) is 6.62. The molecule has 2 bridgehead atoms. The fraction of sp³-hybridized carbons (Fsp3) is 0.579. The van der Waals surface area contributed by atoms with Gasteiger partial charge >= 0.3 is 0 Å². The van der Waals surface area contributed by atoms with E-state index in [1.165, 1.54) is 4.90 Å². The van der Waals surface area contributed by atoms with E-state index in [2.05, 4.69) is 13.8 Å². The highest BCUT2D eigenvalue weighted by Gasteiger charge is 2.69. The van der Waals surface area contributed by atoms with Crippen molar-refractivity contribution in [2.24, 2.45) is 11.3 Å². The summed E-state index contributed by atoms with van der Waals surface area (Å²) in [6.07, 6.45) is 2.96. The third-order valence-electron chi connectivity index (χ3n) is 5.34. The van der Waals surface area contributed by atoms with Gasteiger partial charge < -0.3 is 5.73 Å². The van der Waals surface area contributed by atoms with Crippen LogP contribution >= 0.6 is 0 Å². The molecule has 124 valence electrons. The highest BCUT2D eigenvalue weighted by Crippen LogP contribution is 2.63. The van der Waals surface area contributed by atoms with Crippen molar-refractivity contribution >= 4 is 17.5 Å². The summed E-state index contributed by atoms with van der Waals surface area (Å²) in [7, 11) is 0. The van der Waals surface area contributed by atoms with Crippen molar-refractivity contribution in [3.05, 3.63) is 29.8 Å². The number of nitrogens with zero attached hydrogens (tertiary/aromatic N) is 1. The number of anilines is 1. The zero-order valence-electron chi connectivity index (χ0n) is 14.3. The summed E-state index contributed by atoms with van der Waals surface area (Å²) in [6.45, 7) is 6.82. The van der Waals surface area contributed by atoms with Crippen molar-refractivity contribution in [1.29, 1.82) is 0 Å². The summed E-state index contributed by atoms with van der Waals surface area (Å²) in [4.78, 5) is 27.5. The standard InChI is InChI=1S/C19H26N2O2/c1-4-9-21-16(22)18(10-13(2)3)11-19(12-18,17(21)23)14-5-7-15(20)8-6-14/h5-8,13H,4,9-12,20H2,1-3H3. The van der Waals surface area contributed by atoms with Gasteiger partial charge in [-0.1, -0.05) is 32.9 Å². The summed E-state index contributed by atoms with van der Waals surface area (Å²) >= 11 is 0. The van der Waals surface area contributed by atoms with Crippen LogP contribution in [0, 0.1) is 11.3 Å². The van der Waals surface area contributed by atoms with E-state index in [4.69, 9.17) is 5.73 Å². The van der Waals surface area contributed by atoms with E-state index in [0.29, 0.717) is 31.0 Å². The Morgan fingerprint density at radius 3 is 2.26 bits per heavy atom. The molecule has 4 heteroatoms. The molecule has 0 atom stereocenters. The number of carbonyl (C=O) groups excluding carboxylic acids is 2. The molecule has 0 aromatic heterocycles. The number of fused-ring (bicyclic) bond motifs is 2. The minimum Gasteiger partial charge on any atom is -0.399 e. The normalized spacial score (nSPS) is 29.8. The van der Waals surface area contributed by atoms with E-state index >= 15 is 0 Å². The maximum Gasteiger partial charge on any atom is 0.239 e. The van der Waals surface area contributed by atoms with Gasteiger partial charge in [0.15, 0.2) is 0 Å². The molecule has 4 nitrogen and oxygen atoms in total. The first-order valence-corrected chi connectivity index (χ1v) is 8.57. The fourth-order valence-corrected chi connectivity index (χ4v) is 4.61. The topological polar surface area (TPSA) is 63.4 Å². The number of nitrogens with two attached hydrogens (primary N) is 1. The lowest BCUT2D eigenvalue weighted by atomic mass is 9.45. The lowest BCUT2D eigenvalue weighted by Gasteiger charge is -2.61. The number of nitrogen functional groups attached to an aromatic ring is 1. The molecule has 0 unspecified atom stereocenters. The second-order valence-corrected chi connectivity index (χ2v) is 7.70. The molecule has 1 aromatic rings. The predicted molar refractivity (Wildman–Crippen MR) is 90.7 cm³/mol. The molecule has 1 aromatic carbocycles. The highest BCUT2D eigenvalue weighted by molar-refractivity contribution is 6.09. The Morgan fingerprint density at radius 1 is 1.13 bits per heavy atom. The van der Waals surface area contributed by atoms with E-state index in [1.807, 2.05) is 31.2 Å². The molecule has 23 heavy (non-hydrogen) atoms. The Labute approximate surface area is 138 Å². The number of hydrogen-bond donors (Lipinski definition) is 1. The average molecular weight is 314 g/mol. The molecule has 4 rings (SSSR count). The van der Waals surface area contributed by atoms with Crippen LogP contribution in [0.2, 0.25) is 0 Å². The molecule has 1 aliphatic carbocycles. The third-order valence-corrected chi connectivity index (χ3v) is 5.34. The zero-order valence-corrected chi connectivity index (χ0v) is 14.3. The van der Waals surface area contributed by atoms with Crippen molar-refractivity contribution in [2.75, 3.05) is 12.3 Å². The van der Waals surface area contributed by atoms with Crippen LogP contribution in [0.15, 0.2) is 24.3 Å². The number of amides is 2. The van der Waals surface area contributed by atoms with Crippen LogP contribution in [-0.4, -0.2) is 23.3 Å². The van der Waals surface area contributed by atoms with Crippen LogP contribution < -0.4 is 5.73 Å². The second kappa shape index (κ2) is 5.36. The van der Waals surface area contributed by atoms with Crippen LogP contribution in [0.25, 0.3) is 0 Å². The molecule has 2 saturated heterocycles. The summed E-state index contributed by atoms with van der Waals surface area (Å²) in [5.74, 6) is 0.482. The first kappa shape index (κ1) is 16.0. The minimum atomic E-state index is -0.522. The Morgan fingerprint density at radius 2 is 1.74 bits per heavy atom. The van der Waals surface area contributed by atoms with Crippen molar-refractivity contribution in [1.82, 2.24) is 4.90 Å². The van der Waals surface area contributed by atoms with Gasteiger partial charge in [-0.15, -0.1) is 0 Å². The van der Waals surface area contributed by atoms with Crippen LogP contribution in [0.4, 0.5) is 5.69 Å². The Hall–Kier alpha value is -1.84. The molecule has 3 aliphatic rings. The van der Waals surface area contributed by atoms with Gasteiger partial charge in [-0.05, 0) is 49.3 Å². The van der Waals surface area contributed by atoms with Crippen molar-refractivity contribution in [3.8, 4) is 0 Å². The Kier molecular flexibility index (Phi) is 3.74. The number of rotatable bonds is 5. The largest absolute Gasteiger partial charge is 0.399 e. The quantitative estimate of drug-likeness (QED) is 0.671. The predicted octanol–water partition coefficient (Wildman–Crippen LogP) is 3.11. The first-order chi connectivity index (χ1) is 10.8. The minimum absolute atomic E-state index is 0.0141. The maximum atomic E-state index is 13.1. The number of imide groups is 1. The summed E-state index contributed by atoms with van der Waals surface area (Å²) < 4.78 is 0. The van der Waals surface area contributed by atoms with E-state index in [9.17, 15) is 9.59 Å². The number of benzene rings is 1. The summed E-state index contributed by atoms with van der Waals surface area (Å²) in [6, 6.07) is 7.60. The van der Waals surface area contributed by atoms with Gasteiger partial charge in [0.05, 0.1) is 10.8 Å². The second-order valence-electron chi connectivity index (χ2n) is 7.70. The van der Waals surface area contributed by atoms with E-state index in [1.54, 1.807) is 0 Å². The average Bonchev–Trinajstić information content (AvgIpc) is 2.46. The lowest BCUT2D eigenvalue weighted by Crippen LogP contribution is -2.71. The molecule has 0 spiro atoms. The van der Waals surface area contributed by atoms with E-state index < -0.39 is 5.41 Å². The molecule has 2 aliphatic heterocycles. The third kappa shape index (κ3) is 2.27. The van der Waals surface area contributed by atoms with Crippen molar-refractivity contribution in [3.63, 3.8) is 0 Å². The smallest absolute Gasteiger partial charge is 0.239 e. The maximum absolute atomic E-state index is 13.1. The fourth-order valence-electron chi connectivity index (χ4n) is 4.61. The Balaban J connectivity index is 2.00. The number of carbonyl (C=O) groups is 2. The van der Waals surface area contributed by atoms with Gasteiger partial charge in [0.1, 0.15) is 0 Å². The van der Waals surface area contributed by atoms with Gasteiger partial charge in [0.25, 0.3) is 0 Å². The van der Waals surface area contributed by atoms with Gasteiger partial charge in [-0.3, -0.25) is 14.5 Å². The zero-order chi connectivity index (χ0) is 16.8. The molecule has 2 heterocycles. The molecule has 1 saturated carbocycles. The Bertz CT molecular complexity index is 627. The number of piperidine rings is 2. The van der Waals surface area contributed by atoms with Gasteiger partial charge in [-0.25, -0.2) is 0 Å². The van der Waals surface area contributed by atoms with Gasteiger partial charge in [0.2, 0.25) is 11.8 Å². The van der Waals surface area contributed by atoms with Crippen molar-refractivity contribution in [2.45, 2.75) is 51.9 Å². The number of hydrogen-bond acceptors (Lipinski definition) is 3. The SMILES string of the molecule is CCCN1C(=O)C2(CC(C)C)CC(c3ccc(N)cc3)(C2)C1=O. The summed E-state index contributed by atoms with van der Waals surface area (Å²) in [5, 5.41) is 0. The van der Waals surface area contributed by atoms with Crippen molar-refractivity contribution < 1.29 is 9.59 Å². The first-order valence-electron chi connectivity index (χ1n) is 8.57. The van der Waals surface area contributed by atoms with E-state index in [-0.39, 0.29) is 17.2 Å².